The first kappa shape index (κ1) is 16.1. The second kappa shape index (κ2) is 6.64. The van der Waals surface area contributed by atoms with Gasteiger partial charge in [-0.25, -0.2) is 0 Å². The van der Waals surface area contributed by atoms with Crippen LogP contribution in [0.2, 0.25) is 0 Å². The minimum atomic E-state index is -1.12. The lowest BCUT2D eigenvalue weighted by molar-refractivity contribution is 0.00250. The Morgan fingerprint density at radius 3 is 2.90 bits per heavy atom. The molecule has 0 saturated carbocycles. The van der Waals surface area contributed by atoms with Gasteiger partial charge in [-0.1, -0.05) is 0 Å². The van der Waals surface area contributed by atoms with Crippen LogP contribution in [0.3, 0.4) is 0 Å². The minimum absolute atomic E-state index is 0.202. The summed E-state index contributed by atoms with van der Waals surface area (Å²) in [6.45, 7) is 6.80. The quantitative estimate of drug-likeness (QED) is 0.706. The second-order valence-electron chi connectivity index (χ2n) is 5.89. The fourth-order valence-electron chi connectivity index (χ4n) is 2.43. The molecule has 0 radical (unpaired) electrons. The molecular formula is C16H25NO4. The van der Waals surface area contributed by atoms with E-state index in [0.717, 1.165) is 23.5 Å². The number of hydrogen-bond acceptors (Lipinski definition) is 5. The minimum Gasteiger partial charge on any atom is -0.494 e. The third-order valence-electron chi connectivity index (χ3n) is 3.54. The van der Waals surface area contributed by atoms with Crippen LogP contribution in [0.5, 0.6) is 11.5 Å². The average Bonchev–Trinajstić information content (AvgIpc) is 2.78. The van der Waals surface area contributed by atoms with E-state index in [2.05, 4.69) is 12.2 Å². The molecule has 0 amide bonds. The van der Waals surface area contributed by atoms with E-state index in [4.69, 9.17) is 14.6 Å². The molecule has 0 saturated heterocycles. The molecule has 1 heterocycles. The van der Waals surface area contributed by atoms with E-state index in [1.807, 2.05) is 19.1 Å². The van der Waals surface area contributed by atoms with Crippen LogP contribution in [0, 0.1) is 0 Å². The number of aliphatic hydroxyl groups excluding tert-OH is 1. The lowest BCUT2D eigenvalue weighted by Crippen LogP contribution is -2.40. The summed E-state index contributed by atoms with van der Waals surface area (Å²) in [4.78, 5) is 0. The van der Waals surface area contributed by atoms with Crippen LogP contribution in [-0.4, -0.2) is 41.7 Å². The number of ether oxygens (including phenoxy) is 2. The van der Waals surface area contributed by atoms with Gasteiger partial charge in [-0.15, -0.1) is 0 Å². The van der Waals surface area contributed by atoms with Gasteiger partial charge in [0.2, 0.25) is 0 Å². The van der Waals surface area contributed by atoms with Gasteiger partial charge in [0.1, 0.15) is 17.6 Å². The standard InChI is InChI=1S/C16H25NO4/c1-4-20-14-6-12-5-11(2)21-15(12)7-13(14)8-17-9-16(3,19)10-18/h6-7,11,17-19H,4-5,8-10H2,1-3H3. The predicted molar refractivity (Wildman–Crippen MR) is 80.8 cm³/mol. The SMILES string of the molecule is CCOc1cc2c(cc1CNCC(C)(O)CO)OC(C)C2. The van der Waals surface area contributed by atoms with Crippen molar-refractivity contribution in [3.05, 3.63) is 23.3 Å². The Morgan fingerprint density at radius 2 is 2.24 bits per heavy atom. The molecule has 21 heavy (non-hydrogen) atoms. The van der Waals surface area contributed by atoms with Crippen molar-refractivity contribution < 1.29 is 19.7 Å². The molecule has 3 N–H and O–H groups in total. The topological polar surface area (TPSA) is 71.0 Å². The van der Waals surface area contributed by atoms with E-state index in [9.17, 15) is 5.11 Å². The van der Waals surface area contributed by atoms with Crippen molar-refractivity contribution in [2.24, 2.45) is 0 Å². The summed E-state index contributed by atoms with van der Waals surface area (Å²) in [5.41, 5.74) is 1.06. The summed E-state index contributed by atoms with van der Waals surface area (Å²) < 4.78 is 11.5. The van der Waals surface area contributed by atoms with Crippen molar-refractivity contribution in [3.63, 3.8) is 0 Å². The van der Waals surface area contributed by atoms with Crippen molar-refractivity contribution in [1.82, 2.24) is 5.32 Å². The Labute approximate surface area is 125 Å². The molecular weight excluding hydrogens is 270 g/mol. The zero-order valence-corrected chi connectivity index (χ0v) is 13.0. The van der Waals surface area contributed by atoms with Gasteiger partial charge in [0.15, 0.2) is 0 Å². The smallest absolute Gasteiger partial charge is 0.124 e. The Morgan fingerprint density at radius 1 is 1.48 bits per heavy atom. The van der Waals surface area contributed by atoms with Crippen molar-refractivity contribution in [2.45, 2.75) is 45.4 Å². The molecule has 2 atom stereocenters. The average molecular weight is 295 g/mol. The van der Waals surface area contributed by atoms with Gasteiger partial charge in [-0.2, -0.15) is 0 Å². The van der Waals surface area contributed by atoms with Gasteiger partial charge >= 0.3 is 0 Å². The Kier molecular flexibility index (Phi) is 5.08. The van der Waals surface area contributed by atoms with Crippen LogP contribution in [0.1, 0.15) is 31.9 Å². The lowest BCUT2D eigenvalue weighted by Gasteiger charge is -2.21. The van der Waals surface area contributed by atoms with Crippen LogP contribution in [0.15, 0.2) is 12.1 Å². The maximum atomic E-state index is 9.80. The van der Waals surface area contributed by atoms with Crippen LogP contribution in [-0.2, 0) is 13.0 Å². The summed E-state index contributed by atoms with van der Waals surface area (Å²) in [6, 6.07) is 4.05. The molecule has 0 fully saturated rings. The molecule has 0 aromatic heterocycles. The number of nitrogens with one attached hydrogen (secondary N) is 1. The maximum Gasteiger partial charge on any atom is 0.124 e. The Balaban J connectivity index is 2.09. The van der Waals surface area contributed by atoms with Crippen LogP contribution >= 0.6 is 0 Å². The Bertz CT molecular complexity index is 487. The largest absolute Gasteiger partial charge is 0.494 e. The number of hydrogen-bond donors (Lipinski definition) is 3. The van der Waals surface area contributed by atoms with Gasteiger partial charge in [0, 0.05) is 30.6 Å². The molecule has 2 unspecified atom stereocenters. The molecule has 1 aliphatic heterocycles. The van der Waals surface area contributed by atoms with Crippen molar-refractivity contribution in [3.8, 4) is 11.5 Å². The fraction of sp³-hybridized carbons (Fsp3) is 0.625. The highest BCUT2D eigenvalue weighted by atomic mass is 16.5. The molecule has 0 bridgehead atoms. The van der Waals surface area contributed by atoms with Crippen molar-refractivity contribution in [2.75, 3.05) is 19.8 Å². The number of benzene rings is 1. The molecule has 1 aromatic rings. The van der Waals surface area contributed by atoms with Crippen LogP contribution < -0.4 is 14.8 Å². The first-order valence-electron chi connectivity index (χ1n) is 7.44. The van der Waals surface area contributed by atoms with Gasteiger partial charge in [0.25, 0.3) is 0 Å². The van der Waals surface area contributed by atoms with E-state index in [-0.39, 0.29) is 12.7 Å². The third-order valence-corrected chi connectivity index (χ3v) is 3.54. The van der Waals surface area contributed by atoms with E-state index in [1.165, 1.54) is 5.56 Å². The summed E-state index contributed by atoms with van der Waals surface area (Å²) >= 11 is 0. The van der Waals surface area contributed by atoms with E-state index in [0.29, 0.717) is 19.7 Å². The molecule has 5 nitrogen and oxygen atoms in total. The number of aliphatic hydroxyl groups is 2. The monoisotopic (exact) mass is 295 g/mol. The maximum absolute atomic E-state index is 9.80. The van der Waals surface area contributed by atoms with Crippen LogP contribution in [0.4, 0.5) is 0 Å². The third kappa shape index (κ3) is 4.09. The predicted octanol–water partition coefficient (Wildman–Crippen LogP) is 1.24. The molecule has 1 aliphatic rings. The zero-order chi connectivity index (χ0) is 15.5. The highest BCUT2D eigenvalue weighted by molar-refractivity contribution is 5.48. The highest BCUT2D eigenvalue weighted by Gasteiger charge is 2.22. The van der Waals surface area contributed by atoms with Gasteiger partial charge in [-0.3, -0.25) is 0 Å². The van der Waals surface area contributed by atoms with Crippen LogP contribution in [0.25, 0.3) is 0 Å². The summed E-state index contributed by atoms with van der Waals surface area (Å²) in [7, 11) is 0. The molecule has 2 rings (SSSR count). The first-order valence-corrected chi connectivity index (χ1v) is 7.44. The lowest BCUT2D eigenvalue weighted by atomic mass is 10.1. The highest BCUT2D eigenvalue weighted by Crippen LogP contribution is 2.35. The zero-order valence-electron chi connectivity index (χ0n) is 13.0. The van der Waals surface area contributed by atoms with Gasteiger partial charge in [-0.05, 0) is 32.9 Å². The number of rotatable bonds is 7. The van der Waals surface area contributed by atoms with E-state index < -0.39 is 5.60 Å². The fourth-order valence-corrected chi connectivity index (χ4v) is 2.43. The summed E-state index contributed by atoms with van der Waals surface area (Å²) in [5, 5.41) is 22.0. The molecule has 118 valence electrons. The molecule has 0 aliphatic carbocycles. The summed E-state index contributed by atoms with van der Waals surface area (Å²) in [6.07, 6.45) is 1.11. The van der Waals surface area contributed by atoms with Gasteiger partial charge in [0.05, 0.1) is 18.8 Å². The van der Waals surface area contributed by atoms with E-state index >= 15 is 0 Å². The summed E-state index contributed by atoms with van der Waals surface area (Å²) in [5.74, 6) is 1.77. The normalized spacial score (nSPS) is 19.8. The number of fused-ring (bicyclic) bond motifs is 1. The first-order chi connectivity index (χ1) is 9.95. The Hall–Kier alpha value is -1.30. The molecule has 1 aromatic carbocycles. The molecule has 5 heteroatoms. The van der Waals surface area contributed by atoms with Crippen molar-refractivity contribution in [1.29, 1.82) is 0 Å². The van der Waals surface area contributed by atoms with Gasteiger partial charge < -0.3 is 25.0 Å². The molecule has 0 spiro atoms. The van der Waals surface area contributed by atoms with E-state index in [1.54, 1.807) is 6.92 Å². The second-order valence-corrected chi connectivity index (χ2v) is 5.89. The van der Waals surface area contributed by atoms with Crippen molar-refractivity contribution >= 4 is 0 Å².